The van der Waals surface area contributed by atoms with E-state index >= 15 is 0 Å². The molecule has 1 aromatic carbocycles. The van der Waals surface area contributed by atoms with Crippen LogP contribution in [0.4, 0.5) is 26.1 Å². The van der Waals surface area contributed by atoms with Gasteiger partial charge in [-0.25, -0.2) is 18.7 Å². The molecule has 2 rings (SSSR count). The summed E-state index contributed by atoms with van der Waals surface area (Å²) < 4.78 is 26.3. The fourth-order valence-electron chi connectivity index (χ4n) is 1.83. The first-order valence-corrected chi connectivity index (χ1v) is 5.88. The second kappa shape index (κ2) is 5.60. The van der Waals surface area contributed by atoms with Crippen molar-refractivity contribution >= 4 is 17.3 Å². The molecule has 0 unspecified atom stereocenters. The SMILES string of the molecule is CCc1c(NC)ncnc1Nc1cc(F)cc(F)c1. The van der Waals surface area contributed by atoms with Crippen LogP contribution < -0.4 is 10.6 Å². The topological polar surface area (TPSA) is 49.8 Å². The van der Waals surface area contributed by atoms with Gasteiger partial charge in [-0.05, 0) is 18.6 Å². The number of hydrogen-bond donors (Lipinski definition) is 2. The largest absolute Gasteiger partial charge is 0.373 e. The highest BCUT2D eigenvalue weighted by atomic mass is 19.1. The molecule has 0 aliphatic rings. The van der Waals surface area contributed by atoms with E-state index in [2.05, 4.69) is 20.6 Å². The minimum absolute atomic E-state index is 0.313. The molecule has 1 heterocycles. The standard InChI is InChI=1S/C13H14F2N4/c1-3-11-12(16-2)17-7-18-13(11)19-10-5-8(14)4-9(15)6-10/h4-7H,3H2,1-2H3,(H2,16,17,18,19). The van der Waals surface area contributed by atoms with E-state index < -0.39 is 11.6 Å². The first-order chi connectivity index (χ1) is 9.13. The van der Waals surface area contributed by atoms with Crippen LogP contribution in [0, 0.1) is 11.6 Å². The minimum Gasteiger partial charge on any atom is -0.373 e. The lowest BCUT2D eigenvalue weighted by Crippen LogP contribution is -2.05. The van der Waals surface area contributed by atoms with Crippen molar-refractivity contribution in [1.29, 1.82) is 0 Å². The lowest BCUT2D eigenvalue weighted by molar-refractivity contribution is 0.584. The fraction of sp³-hybridized carbons (Fsp3) is 0.231. The van der Waals surface area contributed by atoms with E-state index in [1.807, 2.05) is 6.92 Å². The van der Waals surface area contributed by atoms with E-state index in [9.17, 15) is 8.78 Å². The molecule has 0 saturated carbocycles. The van der Waals surface area contributed by atoms with Crippen molar-refractivity contribution in [3.05, 3.63) is 41.7 Å². The zero-order chi connectivity index (χ0) is 13.8. The van der Waals surface area contributed by atoms with Gasteiger partial charge in [0.25, 0.3) is 0 Å². The molecule has 0 radical (unpaired) electrons. The van der Waals surface area contributed by atoms with Gasteiger partial charge in [-0.2, -0.15) is 0 Å². The summed E-state index contributed by atoms with van der Waals surface area (Å²) >= 11 is 0. The molecule has 2 N–H and O–H groups in total. The highest BCUT2D eigenvalue weighted by Crippen LogP contribution is 2.24. The van der Waals surface area contributed by atoms with Crippen LogP contribution in [0.1, 0.15) is 12.5 Å². The molecule has 100 valence electrons. The summed E-state index contributed by atoms with van der Waals surface area (Å²) in [6, 6.07) is 3.25. The van der Waals surface area contributed by atoms with Crippen LogP contribution in [0.3, 0.4) is 0 Å². The average molecular weight is 264 g/mol. The Hall–Kier alpha value is -2.24. The summed E-state index contributed by atoms with van der Waals surface area (Å²) in [6.45, 7) is 1.96. The number of aromatic nitrogens is 2. The van der Waals surface area contributed by atoms with Gasteiger partial charge < -0.3 is 10.6 Å². The Morgan fingerprint density at radius 3 is 2.26 bits per heavy atom. The Bertz CT molecular complexity index is 567. The van der Waals surface area contributed by atoms with Crippen LogP contribution in [0.2, 0.25) is 0 Å². The molecule has 6 heteroatoms. The summed E-state index contributed by atoms with van der Waals surface area (Å²) in [5, 5.41) is 5.86. The van der Waals surface area contributed by atoms with Gasteiger partial charge in [0.1, 0.15) is 29.6 Å². The smallest absolute Gasteiger partial charge is 0.139 e. The zero-order valence-electron chi connectivity index (χ0n) is 10.7. The molecule has 0 atom stereocenters. The van der Waals surface area contributed by atoms with Crippen molar-refractivity contribution in [3.8, 4) is 0 Å². The van der Waals surface area contributed by atoms with Gasteiger partial charge in [-0.15, -0.1) is 0 Å². The third-order valence-corrected chi connectivity index (χ3v) is 2.66. The van der Waals surface area contributed by atoms with Gasteiger partial charge in [-0.1, -0.05) is 6.92 Å². The van der Waals surface area contributed by atoms with E-state index in [1.165, 1.54) is 18.5 Å². The van der Waals surface area contributed by atoms with Crippen LogP contribution in [-0.2, 0) is 6.42 Å². The van der Waals surface area contributed by atoms with E-state index in [0.29, 0.717) is 23.7 Å². The van der Waals surface area contributed by atoms with Crippen molar-refractivity contribution in [2.75, 3.05) is 17.7 Å². The van der Waals surface area contributed by atoms with Gasteiger partial charge in [0, 0.05) is 24.4 Å². The van der Waals surface area contributed by atoms with Crippen LogP contribution in [-0.4, -0.2) is 17.0 Å². The summed E-state index contributed by atoms with van der Waals surface area (Å²) in [4.78, 5) is 8.20. The number of halogens is 2. The lowest BCUT2D eigenvalue weighted by Gasteiger charge is -2.12. The van der Waals surface area contributed by atoms with E-state index in [0.717, 1.165) is 11.6 Å². The fourth-order valence-corrected chi connectivity index (χ4v) is 1.83. The van der Waals surface area contributed by atoms with Crippen molar-refractivity contribution in [2.45, 2.75) is 13.3 Å². The molecular weight excluding hydrogens is 250 g/mol. The maximum atomic E-state index is 13.1. The maximum absolute atomic E-state index is 13.1. The Balaban J connectivity index is 2.37. The number of nitrogens with one attached hydrogen (secondary N) is 2. The highest BCUT2D eigenvalue weighted by Gasteiger charge is 2.09. The Kier molecular flexibility index (Phi) is 3.89. The Morgan fingerprint density at radius 2 is 1.68 bits per heavy atom. The second-order valence-electron chi connectivity index (χ2n) is 3.94. The zero-order valence-corrected chi connectivity index (χ0v) is 10.7. The third-order valence-electron chi connectivity index (χ3n) is 2.66. The molecule has 2 aromatic rings. The first kappa shape index (κ1) is 13.2. The summed E-state index contributed by atoms with van der Waals surface area (Å²) in [5.74, 6) is -0.0457. The number of anilines is 3. The molecule has 0 aliphatic carbocycles. The van der Waals surface area contributed by atoms with Crippen LogP contribution in [0.25, 0.3) is 0 Å². The van der Waals surface area contributed by atoms with Crippen LogP contribution in [0.5, 0.6) is 0 Å². The minimum atomic E-state index is -0.636. The van der Waals surface area contributed by atoms with Crippen LogP contribution >= 0.6 is 0 Å². The highest BCUT2D eigenvalue weighted by molar-refractivity contribution is 5.64. The molecular formula is C13H14F2N4. The first-order valence-electron chi connectivity index (χ1n) is 5.88. The van der Waals surface area contributed by atoms with Crippen molar-refractivity contribution in [1.82, 2.24) is 9.97 Å². The molecule has 4 nitrogen and oxygen atoms in total. The van der Waals surface area contributed by atoms with E-state index in [4.69, 9.17) is 0 Å². The molecule has 0 fully saturated rings. The van der Waals surface area contributed by atoms with Crippen LogP contribution in [0.15, 0.2) is 24.5 Å². The number of hydrogen-bond acceptors (Lipinski definition) is 4. The molecule has 0 amide bonds. The van der Waals surface area contributed by atoms with Crippen molar-refractivity contribution in [2.24, 2.45) is 0 Å². The second-order valence-corrected chi connectivity index (χ2v) is 3.94. The van der Waals surface area contributed by atoms with E-state index in [1.54, 1.807) is 7.05 Å². The molecule has 0 bridgehead atoms. The quantitative estimate of drug-likeness (QED) is 0.891. The van der Waals surface area contributed by atoms with Gasteiger partial charge in [0.2, 0.25) is 0 Å². The van der Waals surface area contributed by atoms with Gasteiger partial charge >= 0.3 is 0 Å². The molecule has 0 spiro atoms. The molecule has 19 heavy (non-hydrogen) atoms. The molecule has 0 aliphatic heterocycles. The van der Waals surface area contributed by atoms with Gasteiger partial charge in [0.05, 0.1) is 0 Å². The summed E-state index contributed by atoms with van der Waals surface area (Å²) in [5.41, 5.74) is 1.17. The Morgan fingerprint density at radius 1 is 1.05 bits per heavy atom. The predicted octanol–water partition coefficient (Wildman–Crippen LogP) is 3.10. The van der Waals surface area contributed by atoms with Crippen molar-refractivity contribution in [3.63, 3.8) is 0 Å². The Labute approximate surface area is 109 Å². The maximum Gasteiger partial charge on any atom is 0.139 e. The van der Waals surface area contributed by atoms with E-state index in [-0.39, 0.29) is 0 Å². The average Bonchev–Trinajstić information content (AvgIpc) is 2.37. The number of benzene rings is 1. The lowest BCUT2D eigenvalue weighted by atomic mass is 10.2. The molecule has 1 aromatic heterocycles. The summed E-state index contributed by atoms with van der Waals surface area (Å²) in [7, 11) is 1.76. The number of nitrogens with zero attached hydrogens (tertiary/aromatic N) is 2. The van der Waals surface area contributed by atoms with Gasteiger partial charge in [0.15, 0.2) is 0 Å². The number of rotatable bonds is 4. The summed E-state index contributed by atoms with van der Waals surface area (Å²) in [6.07, 6.45) is 2.08. The normalized spacial score (nSPS) is 10.3. The third kappa shape index (κ3) is 2.96. The predicted molar refractivity (Wildman–Crippen MR) is 70.6 cm³/mol. The van der Waals surface area contributed by atoms with Crippen molar-refractivity contribution < 1.29 is 8.78 Å². The monoisotopic (exact) mass is 264 g/mol. The van der Waals surface area contributed by atoms with Gasteiger partial charge in [-0.3, -0.25) is 0 Å². The molecule has 0 saturated heterocycles.